The summed E-state index contributed by atoms with van der Waals surface area (Å²) in [6, 6.07) is 13.3. The van der Waals surface area contributed by atoms with Gasteiger partial charge in [-0.25, -0.2) is 0 Å². The normalized spacial score (nSPS) is 11.6. The smallest absolute Gasteiger partial charge is 0.255 e. The van der Waals surface area contributed by atoms with E-state index in [1.165, 1.54) is 0 Å². The molecule has 1 atom stereocenters. The summed E-state index contributed by atoms with van der Waals surface area (Å²) >= 11 is 0. The molecule has 0 radical (unpaired) electrons. The van der Waals surface area contributed by atoms with Crippen molar-refractivity contribution in [1.82, 2.24) is 5.32 Å². The zero-order chi connectivity index (χ0) is 19.8. The number of hydrogen-bond donors (Lipinski definition) is 2. The molecule has 0 saturated carbocycles. The van der Waals surface area contributed by atoms with Gasteiger partial charge in [-0.15, -0.1) is 0 Å². The Bertz CT molecular complexity index is 772. The van der Waals surface area contributed by atoms with E-state index in [2.05, 4.69) is 10.6 Å². The van der Waals surface area contributed by atoms with Gasteiger partial charge in [-0.3, -0.25) is 9.59 Å². The fraction of sp³-hybridized carbons (Fsp3) is 0.333. The summed E-state index contributed by atoms with van der Waals surface area (Å²) in [5, 5.41) is 5.65. The van der Waals surface area contributed by atoms with E-state index in [0.29, 0.717) is 29.4 Å². The van der Waals surface area contributed by atoms with Crippen LogP contribution in [0.1, 0.15) is 31.1 Å². The van der Waals surface area contributed by atoms with Crippen LogP contribution >= 0.6 is 0 Å². The lowest BCUT2D eigenvalue weighted by Crippen LogP contribution is -2.47. The van der Waals surface area contributed by atoms with E-state index in [0.717, 1.165) is 0 Å². The molecule has 6 heteroatoms. The van der Waals surface area contributed by atoms with Crippen molar-refractivity contribution in [2.75, 3.05) is 19.0 Å². The first-order valence-electron chi connectivity index (χ1n) is 8.93. The van der Waals surface area contributed by atoms with Gasteiger partial charge in [0.25, 0.3) is 5.91 Å². The van der Waals surface area contributed by atoms with Crippen LogP contribution in [0.5, 0.6) is 11.5 Å². The molecule has 6 nitrogen and oxygen atoms in total. The first-order valence-corrected chi connectivity index (χ1v) is 8.93. The van der Waals surface area contributed by atoms with Gasteiger partial charge in [0.1, 0.15) is 17.5 Å². The van der Waals surface area contributed by atoms with Crippen molar-refractivity contribution >= 4 is 17.5 Å². The molecule has 144 valence electrons. The highest BCUT2D eigenvalue weighted by atomic mass is 16.5. The lowest BCUT2D eigenvalue weighted by atomic mass is 10.0. The lowest BCUT2D eigenvalue weighted by molar-refractivity contribution is -0.118. The third-order valence-electron chi connectivity index (χ3n) is 4.02. The van der Waals surface area contributed by atoms with Gasteiger partial charge in [0.05, 0.1) is 19.3 Å². The van der Waals surface area contributed by atoms with E-state index in [1.54, 1.807) is 55.6 Å². The molecule has 0 aliphatic carbocycles. The number of rotatable bonds is 8. The quantitative estimate of drug-likeness (QED) is 0.746. The summed E-state index contributed by atoms with van der Waals surface area (Å²) in [6.07, 6.45) is 0. The van der Waals surface area contributed by atoms with Gasteiger partial charge in [0.2, 0.25) is 5.91 Å². The highest BCUT2D eigenvalue weighted by Crippen LogP contribution is 2.19. The molecule has 0 saturated heterocycles. The molecule has 2 aromatic carbocycles. The predicted octanol–water partition coefficient (Wildman–Crippen LogP) is 3.49. The zero-order valence-corrected chi connectivity index (χ0v) is 16.1. The van der Waals surface area contributed by atoms with Crippen LogP contribution in [0.15, 0.2) is 48.5 Å². The summed E-state index contributed by atoms with van der Waals surface area (Å²) in [5.74, 6) is 0.483. The molecule has 27 heavy (non-hydrogen) atoms. The molecule has 2 rings (SSSR count). The van der Waals surface area contributed by atoms with Crippen molar-refractivity contribution in [3.05, 3.63) is 54.1 Å². The third-order valence-corrected chi connectivity index (χ3v) is 4.02. The van der Waals surface area contributed by atoms with Gasteiger partial charge in [-0.05, 0) is 49.2 Å². The molecule has 2 aromatic rings. The Balaban J connectivity index is 2.12. The van der Waals surface area contributed by atoms with E-state index in [-0.39, 0.29) is 17.7 Å². The average molecular weight is 370 g/mol. The minimum absolute atomic E-state index is 0.0912. The predicted molar refractivity (Wildman–Crippen MR) is 105 cm³/mol. The van der Waals surface area contributed by atoms with Crippen LogP contribution in [0, 0.1) is 5.92 Å². The highest BCUT2D eigenvalue weighted by Gasteiger charge is 2.26. The van der Waals surface area contributed by atoms with E-state index in [4.69, 9.17) is 9.47 Å². The van der Waals surface area contributed by atoms with Gasteiger partial charge in [-0.1, -0.05) is 26.0 Å². The number of anilines is 1. The molecule has 0 spiro atoms. The molecule has 0 aromatic heterocycles. The topological polar surface area (TPSA) is 76.7 Å². The second-order valence-electron chi connectivity index (χ2n) is 6.34. The molecule has 2 amide bonds. The molecule has 0 fully saturated rings. The van der Waals surface area contributed by atoms with Gasteiger partial charge in [-0.2, -0.15) is 0 Å². The maximum absolute atomic E-state index is 12.7. The number of ether oxygens (including phenoxy) is 2. The Morgan fingerprint density at radius 3 is 2.30 bits per heavy atom. The van der Waals surface area contributed by atoms with Crippen LogP contribution in [0.3, 0.4) is 0 Å². The Labute approximate surface area is 159 Å². The van der Waals surface area contributed by atoms with Crippen LogP contribution in [-0.4, -0.2) is 31.6 Å². The second kappa shape index (κ2) is 9.62. The van der Waals surface area contributed by atoms with Crippen molar-refractivity contribution in [3.63, 3.8) is 0 Å². The summed E-state index contributed by atoms with van der Waals surface area (Å²) in [5.41, 5.74) is 1.04. The minimum atomic E-state index is -0.686. The third kappa shape index (κ3) is 5.48. The second-order valence-corrected chi connectivity index (χ2v) is 6.34. The van der Waals surface area contributed by atoms with Crippen LogP contribution < -0.4 is 20.1 Å². The van der Waals surface area contributed by atoms with E-state index in [9.17, 15) is 9.59 Å². The highest BCUT2D eigenvalue weighted by molar-refractivity contribution is 6.02. The summed E-state index contributed by atoms with van der Waals surface area (Å²) in [6.45, 7) is 6.07. The van der Waals surface area contributed by atoms with Crippen LogP contribution in [0.2, 0.25) is 0 Å². The van der Waals surface area contributed by atoms with Crippen LogP contribution in [0.25, 0.3) is 0 Å². The summed E-state index contributed by atoms with van der Waals surface area (Å²) in [4.78, 5) is 25.4. The monoisotopic (exact) mass is 370 g/mol. The van der Waals surface area contributed by atoms with Crippen LogP contribution in [-0.2, 0) is 4.79 Å². The summed E-state index contributed by atoms with van der Waals surface area (Å²) < 4.78 is 10.6. The van der Waals surface area contributed by atoms with E-state index < -0.39 is 6.04 Å². The van der Waals surface area contributed by atoms with Crippen molar-refractivity contribution in [2.24, 2.45) is 5.92 Å². The van der Waals surface area contributed by atoms with Crippen molar-refractivity contribution < 1.29 is 19.1 Å². The number of para-hydroxylation sites is 1. The fourth-order valence-corrected chi connectivity index (χ4v) is 2.58. The first-order chi connectivity index (χ1) is 13.0. The van der Waals surface area contributed by atoms with Gasteiger partial charge in [0.15, 0.2) is 0 Å². The average Bonchev–Trinajstić information content (AvgIpc) is 2.67. The standard InChI is InChI=1S/C21H26N2O4/c1-5-27-18-9-7-6-8-17(18)20(24)23-19(14(2)3)21(25)22-15-10-12-16(26-4)13-11-15/h6-14,19H,5H2,1-4H3,(H,22,25)(H,23,24)/t19-/m0/s1. The molecule has 0 aliphatic heterocycles. The number of hydrogen-bond acceptors (Lipinski definition) is 4. The Kier molecular flexibility index (Phi) is 7.23. The van der Waals surface area contributed by atoms with Gasteiger partial charge >= 0.3 is 0 Å². The Morgan fingerprint density at radius 1 is 1.04 bits per heavy atom. The lowest BCUT2D eigenvalue weighted by Gasteiger charge is -2.22. The maximum Gasteiger partial charge on any atom is 0.255 e. The number of amides is 2. The zero-order valence-electron chi connectivity index (χ0n) is 16.1. The Morgan fingerprint density at radius 2 is 1.70 bits per heavy atom. The fourth-order valence-electron chi connectivity index (χ4n) is 2.58. The molecular formula is C21H26N2O4. The minimum Gasteiger partial charge on any atom is -0.497 e. The van der Waals surface area contributed by atoms with Crippen molar-refractivity contribution in [1.29, 1.82) is 0 Å². The van der Waals surface area contributed by atoms with Gasteiger partial charge < -0.3 is 20.1 Å². The van der Waals surface area contributed by atoms with E-state index >= 15 is 0 Å². The largest absolute Gasteiger partial charge is 0.497 e. The molecule has 0 unspecified atom stereocenters. The number of carbonyl (C=O) groups is 2. The molecular weight excluding hydrogens is 344 g/mol. The first kappa shape index (κ1) is 20.3. The van der Waals surface area contributed by atoms with E-state index in [1.807, 2.05) is 20.8 Å². The molecule has 0 aliphatic rings. The van der Waals surface area contributed by atoms with Crippen molar-refractivity contribution in [2.45, 2.75) is 26.8 Å². The number of nitrogens with one attached hydrogen (secondary N) is 2. The van der Waals surface area contributed by atoms with Crippen LogP contribution in [0.4, 0.5) is 5.69 Å². The number of benzene rings is 2. The molecule has 0 heterocycles. The SMILES string of the molecule is CCOc1ccccc1C(=O)N[C@H](C(=O)Nc1ccc(OC)cc1)C(C)C. The van der Waals surface area contributed by atoms with Crippen molar-refractivity contribution in [3.8, 4) is 11.5 Å². The Hall–Kier alpha value is -3.02. The summed E-state index contributed by atoms with van der Waals surface area (Å²) in [7, 11) is 1.58. The number of methoxy groups -OCH3 is 1. The number of carbonyl (C=O) groups excluding carboxylic acids is 2. The van der Waals surface area contributed by atoms with Gasteiger partial charge in [0, 0.05) is 5.69 Å². The molecule has 0 bridgehead atoms. The molecule has 2 N–H and O–H groups in total. The maximum atomic E-state index is 12.7.